The smallest absolute Gasteiger partial charge is 0.300 e. The maximum Gasteiger partial charge on any atom is 0.307 e. The highest BCUT2D eigenvalue weighted by Gasteiger charge is 2.15. The number of pyridine rings is 1. The van der Waals surface area contributed by atoms with Crippen molar-refractivity contribution in [3.8, 4) is 11.3 Å². The molecular weight excluding hydrogens is 373 g/mol. The summed E-state index contributed by atoms with van der Waals surface area (Å²) in [5.41, 5.74) is 9.69. The van der Waals surface area contributed by atoms with E-state index in [0.717, 1.165) is 22.2 Å². The summed E-state index contributed by atoms with van der Waals surface area (Å²) in [5, 5.41) is 7.19. The minimum absolute atomic E-state index is 0.0386. The molecule has 0 saturated heterocycles. The van der Waals surface area contributed by atoms with Gasteiger partial charge in [0.25, 0.3) is 0 Å². The van der Waals surface area contributed by atoms with E-state index in [-0.39, 0.29) is 11.6 Å². The number of nitrogens with zero attached hydrogens (tertiary/aromatic N) is 3. The Labute approximate surface area is 163 Å². The van der Waals surface area contributed by atoms with E-state index in [1.54, 1.807) is 12.4 Å². The third kappa shape index (κ3) is 3.14. The van der Waals surface area contributed by atoms with Crippen LogP contribution in [0.3, 0.4) is 0 Å². The van der Waals surface area contributed by atoms with Crippen LogP contribution in [-0.4, -0.2) is 31.1 Å². The molecule has 0 unspecified atom stereocenters. The van der Waals surface area contributed by atoms with E-state index < -0.39 is 5.91 Å². The lowest BCUT2D eigenvalue weighted by Crippen LogP contribution is -2.30. The number of hydrazine groups is 1. The van der Waals surface area contributed by atoms with Gasteiger partial charge in [0.1, 0.15) is 5.82 Å². The third-order valence-corrected chi connectivity index (χ3v) is 4.50. The third-order valence-electron chi connectivity index (χ3n) is 4.50. The van der Waals surface area contributed by atoms with E-state index in [1.807, 2.05) is 24.3 Å². The van der Waals surface area contributed by atoms with Gasteiger partial charge in [-0.2, -0.15) is 0 Å². The van der Waals surface area contributed by atoms with Crippen LogP contribution in [0.15, 0.2) is 60.9 Å². The lowest BCUT2D eigenvalue weighted by atomic mass is 10.1. The molecule has 142 valence electrons. The second-order valence-corrected chi connectivity index (χ2v) is 6.38. The van der Waals surface area contributed by atoms with Crippen molar-refractivity contribution in [2.75, 3.05) is 5.43 Å². The van der Waals surface area contributed by atoms with Crippen molar-refractivity contribution in [3.05, 3.63) is 72.6 Å². The fraction of sp³-hybridized carbons (Fsp3) is 0. The number of anilines is 1. The highest BCUT2D eigenvalue weighted by atomic mass is 19.1. The molecule has 4 N–H and O–H groups in total. The molecule has 0 spiro atoms. The second-order valence-electron chi connectivity index (χ2n) is 6.38. The van der Waals surface area contributed by atoms with Crippen LogP contribution in [0.25, 0.3) is 33.2 Å². The molecule has 5 rings (SSSR count). The molecule has 9 heteroatoms. The van der Waals surface area contributed by atoms with Gasteiger partial charge in [-0.3, -0.25) is 25.7 Å². The lowest BCUT2D eigenvalue weighted by Gasteiger charge is -2.06. The number of amides is 1. The summed E-state index contributed by atoms with van der Waals surface area (Å²) in [6.07, 6.45) is 3.44. The Kier molecular flexibility index (Phi) is 3.91. The number of rotatable bonds is 4. The van der Waals surface area contributed by atoms with Gasteiger partial charge in [0.15, 0.2) is 0 Å². The molecule has 29 heavy (non-hydrogen) atoms. The summed E-state index contributed by atoms with van der Waals surface area (Å²) in [4.78, 5) is 25.1. The zero-order chi connectivity index (χ0) is 19.8. The van der Waals surface area contributed by atoms with E-state index >= 15 is 0 Å². The first-order chi connectivity index (χ1) is 14.2. The quantitative estimate of drug-likeness (QED) is 0.353. The maximum atomic E-state index is 13.0. The van der Waals surface area contributed by atoms with Gasteiger partial charge in [-0.05, 0) is 48.5 Å². The first-order valence-corrected chi connectivity index (χ1v) is 8.77. The van der Waals surface area contributed by atoms with Gasteiger partial charge in [-0.15, -0.1) is 0 Å². The van der Waals surface area contributed by atoms with Gasteiger partial charge in [0.2, 0.25) is 5.82 Å². The molecule has 0 aliphatic heterocycles. The number of benzene rings is 2. The Balaban J connectivity index is 1.43. The minimum Gasteiger partial charge on any atom is -0.300 e. The molecule has 0 aliphatic carbocycles. The number of hydrogen-bond acceptors (Lipinski definition) is 5. The Hall–Kier alpha value is -4.27. The molecular formula is C20H14FN7O. The van der Waals surface area contributed by atoms with Crippen LogP contribution in [0.2, 0.25) is 0 Å². The fourth-order valence-corrected chi connectivity index (χ4v) is 3.08. The number of carbonyl (C=O) groups is 1. The van der Waals surface area contributed by atoms with Gasteiger partial charge < -0.3 is 5.10 Å². The summed E-state index contributed by atoms with van der Waals surface area (Å²) in [7, 11) is 0. The molecule has 0 aliphatic rings. The fourth-order valence-electron chi connectivity index (χ4n) is 3.08. The van der Waals surface area contributed by atoms with Crippen LogP contribution in [0.5, 0.6) is 0 Å². The number of H-pyrrole nitrogens is 2. The SMILES string of the molecule is O=C(NNc1ccc(F)cc1)c1nc2cc3[nH][nH]c(-c4ccncc4)c3cc2n1. The molecule has 5 aromatic rings. The first kappa shape index (κ1) is 16.9. The van der Waals surface area contributed by atoms with Crippen LogP contribution in [0.1, 0.15) is 10.6 Å². The lowest BCUT2D eigenvalue weighted by molar-refractivity contribution is 0.0953. The van der Waals surface area contributed by atoms with Crippen molar-refractivity contribution in [2.45, 2.75) is 0 Å². The van der Waals surface area contributed by atoms with Crippen LogP contribution in [-0.2, 0) is 0 Å². The van der Waals surface area contributed by atoms with Gasteiger partial charge in [0, 0.05) is 23.3 Å². The average molecular weight is 387 g/mol. The van der Waals surface area contributed by atoms with Crippen LogP contribution in [0, 0.1) is 5.82 Å². The monoisotopic (exact) mass is 387 g/mol. The zero-order valence-corrected chi connectivity index (χ0v) is 14.9. The zero-order valence-electron chi connectivity index (χ0n) is 14.9. The number of hydrogen-bond donors (Lipinski definition) is 4. The van der Waals surface area contributed by atoms with Crippen molar-refractivity contribution in [1.82, 2.24) is 30.6 Å². The van der Waals surface area contributed by atoms with Gasteiger partial charge >= 0.3 is 5.91 Å². The van der Waals surface area contributed by atoms with Crippen molar-refractivity contribution >= 4 is 33.5 Å². The molecule has 3 heterocycles. The number of fused-ring (bicyclic) bond motifs is 2. The maximum absolute atomic E-state index is 13.0. The molecule has 0 atom stereocenters. The Morgan fingerprint density at radius 3 is 2.41 bits per heavy atom. The molecule has 0 radical (unpaired) electrons. The number of nitrogens with one attached hydrogen (secondary N) is 4. The van der Waals surface area contributed by atoms with E-state index in [4.69, 9.17) is 0 Å². The Bertz CT molecular complexity index is 1330. The number of aromatic nitrogens is 5. The van der Waals surface area contributed by atoms with Crippen LogP contribution < -0.4 is 10.9 Å². The highest BCUT2D eigenvalue weighted by Crippen LogP contribution is 2.28. The van der Waals surface area contributed by atoms with Crippen molar-refractivity contribution < 1.29 is 9.18 Å². The summed E-state index contributed by atoms with van der Waals surface area (Å²) in [6.45, 7) is 0. The molecule has 0 fully saturated rings. The minimum atomic E-state index is -0.491. The summed E-state index contributed by atoms with van der Waals surface area (Å²) in [6, 6.07) is 13.1. The first-order valence-electron chi connectivity index (χ1n) is 8.77. The molecule has 8 nitrogen and oxygen atoms in total. The van der Waals surface area contributed by atoms with Gasteiger partial charge in [-0.1, -0.05) is 0 Å². The normalized spacial score (nSPS) is 11.1. The highest BCUT2D eigenvalue weighted by molar-refractivity contribution is 6.02. The van der Waals surface area contributed by atoms with E-state index in [0.29, 0.717) is 16.7 Å². The molecule has 0 bridgehead atoms. The molecule has 2 aromatic carbocycles. The number of carbonyl (C=O) groups excluding carboxylic acids is 1. The van der Waals surface area contributed by atoms with E-state index in [1.165, 1.54) is 24.3 Å². The predicted molar refractivity (Wildman–Crippen MR) is 106 cm³/mol. The van der Waals surface area contributed by atoms with Crippen LogP contribution >= 0.6 is 0 Å². The average Bonchev–Trinajstić information content (AvgIpc) is 3.35. The van der Waals surface area contributed by atoms with Crippen molar-refractivity contribution in [2.24, 2.45) is 0 Å². The largest absolute Gasteiger partial charge is 0.307 e. The van der Waals surface area contributed by atoms with Crippen LogP contribution in [0.4, 0.5) is 10.1 Å². The molecule has 0 saturated carbocycles. The summed E-state index contributed by atoms with van der Waals surface area (Å²) >= 11 is 0. The predicted octanol–water partition coefficient (Wildman–Crippen LogP) is 3.40. The number of aromatic amines is 2. The topological polar surface area (TPSA) is 111 Å². The number of imidazole rings is 1. The summed E-state index contributed by atoms with van der Waals surface area (Å²) < 4.78 is 13.0. The standard InChI is InChI=1S/C20H14FN7O/c21-12-1-3-13(4-2-12)25-28-20(29)19-23-16-9-14-15(10-17(16)24-19)26-27-18(14)11-5-7-22-8-6-11/h1-10,25-27H,(H,28,29). The van der Waals surface area contributed by atoms with Gasteiger partial charge in [-0.25, -0.2) is 14.4 Å². The Morgan fingerprint density at radius 2 is 1.66 bits per heavy atom. The molecule has 3 aromatic heterocycles. The van der Waals surface area contributed by atoms with Gasteiger partial charge in [0.05, 0.1) is 27.9 Å². The number of halogens is 1. The van der Waals surface area contributed by atoms with Crippen molar-refractivity contribution in [3.63, 3.8) is 0 Å². The van der Waals surface area contributed by atoms with E-state index in [9.17, 15) is 9.18 Å². The summed E-state index contributed by atoms with van der Waals surface area (Å²) in [5.74, 6) is -0.807. The second kappa shape index (κ2) is 6.71. The van der Waals surface area contributed by atoms with E-state index in [2.05, 4.69) is 36.0 Å². The Morgan fingerprint density at radius 1 is 0.931 bits per heavy atom. The molecule has 1 amide bonds. The van der Waals surface area contributed by atoms with Crippen molar-refractivity contribution in [1.29, 1.82) is 0 Å².